The molecule has 0 fully saturated rings. The summed E-state index contributed by atoms with van der Waals surface area (Å²) < 4.78 is 10.1. The molecule has 0 heterocycles. The molecule has 2 atom stereocenters. The van der Waals surface area contributed by atoms with Crippen molar-refractivity contribution in [1.29, 1.82) is 0 Å². The van der Waals surface area contributed by atoms with Crippen molar-refractivity contribution in [1.82, 2.24) is 0 Å². The van der Waals surface area contributed by atoms with E-state index in [1.54, 1.807) is 14.2 Å². The maximum atomic E-state index is 9.32. The molecule has 2 unspecified atom stereocenters. The number of hydrogen-bond donors (Lipinski definition) is 2. The topological polar surface area (TPSA) is 64.7 Å². The molecule has 0 aliphatic carbocycles. The highest BCUT2D eigenvalue weighted by Crippen LogP contribution is 2.27. The van der Waals surface area contributed by atoms with Gasteiger partial charge in [-0.05, 0) is 18.2 Å². The lowest BCUT2D eigenvalue weighted by Crippen LogP contribution is -2.38. The lowest BCUT2D eigenvalue weighted by molar-refractivity contribution is 0.167. The van der Waals surface area contributed by atoms with E-state index >= 15 is 0 Å². The molecule has 1 aromatic carbocycles. The highest BCUT2D eigenvalue weighted by Gasteiger charge is 2.18. The molecule has 0 radical (unpaired) electrons. The fourth-order valence-corrected chi connectivity index (χ4v) is 2.43. The summed E-state index contributed by atoms with van der Waals surface area (Å²) in [5.41, 5.74) is 5.92. The van der Waals surface area contributed by atoms with E-state index in [0.29, 0.717) is 6.61 Å². The van der Waals surface area contributed by atoms with Gasteiger partial charge in [-0.1, -0.05) is 6.07 Å². The zero-order valence-electron chi connectivity index (χ0n) is 10.1. The lowest BCUT2D eigenvalue weighted by atomic mass is 10.2. The first-order valence-corrected chi connectivity index (χ1v) is 6.25. The Kier molecular flexibility index (Phi) is 6.36. The summed E-state index contributed by atoms with van der Waals surface area (Å²) in [5.74, 6) is 0.798. The smallest absolute Gasteiger partial charge is 0.119 e. The second-order valence-corrected chi connectivity index (χ2v) is 4.95. The highest BCUT2D eigenvalue weighted by molar-refractivity contribution is 8.00. The molecule has 17 heavy (non-hydrogen) atoms. The fourth-order valence-electron chi connectivity index (χ4n) is 1.41. The number of ether oxygens (including phenoxy) is 2. The lowest BCUT2D eigenvalue weighted by Gasteiger charge is -2.20. The van der Waals surface area contributed by atoms with Gasteiger partial charge in [-0.2, -0.15) is 0 Å². The first-order chi connectivity index (χ1) is 8.21. The summed E-state index contributed by atoms with van der Waals surface area (Å²) in [6, 6.07) is 7.49. The highest BCUT2D eigenvalue weighted by atomic mass is 32.2. The first kappa shape index (κ1) is 14.3. The SMILES string of the molecule is COCC(N)C(CO)Sc1cccc(OC)c1. The predicted molar refractivity (Wildman–Crippen MR) is 69.6 cm³/mol. The average molecular weight is 257 g/mol. The number of benzene rings is 1. The number of hydrogen-bond acceptors (Lipinski definition) is 5. The van der Waals surface area contributed by atoms with Crippen LogP contribution in [0.5, 0.6) is 5.75 Å². The van der Waals surface area contributed by atoms with Crippen molar-refractivity contribution in [3.05, 3.63) is 24.3 Å². The molecule has 5 heteroatoms. The van der Waals surface area contributed by atoms with E-state index in [2.05, 4.69) is 0 Å². The molecular weight excluding hydrogens is 238 g/mol. The van der Waals surface area contributed by atoms with Crippen molar-refractivity contribution in [3.63, 3.8) is 0 Å². The molecule has 0 bridgehead atoms. The Morgan fingerprint density at radius 1 is 1.41 bits per heavy atom. The Balaban J connectivity index is 2.66. The maximum absolute atomic E-state index is 9.32. The molecule has 0 aliphatic rings. The molecule has 0 aliphatic heterocycles. The van der Waals surface area contributed by atoms with Crippen molar-refractivity contribution in [2.45, 2.75) is 16.2 Å². The average Bonchev–Trinajstić information content (AvgIpc) is 2.36. The molecule has 0 saturated carbocycles. The molecule has 1 rings (SSSR count). The van der Waals surface area contributed by atoms with Crippen molar-refractivity contribution >= 4 is 11.8 Å². The van der Waals surface area contributed by atoms with Gasteiger partial charge in [0.2, 0.25) is 0 Å². The largest absolute Gasteiger partial charge is 0.497 e. The van der Waals surface area contributed by atoms with Crippen molar-refractivity contribution in [2.75, 3.05) is 27.4 Å². The van der Waals surface area contributed by atoms with E-state index in [0.717, 1.165) is 10.6 Å². The van der Waals surface area contributed by atoms with Crippen molar-refractivity contribution in [2.24, 2.45) is 5.73 Å². The minimum Gasteiger partial charge on any atom is -0.497 e. The predicted octanol–water partition coefficient (Wildman–Crippen LogP) is 1.12. The van der Waals surface area contributed by atoms with Crippen LogP contribution in [0.3, 0.4) is 0 Å². The number of aliphatic hydroxyl groups is 1. The molecule has 0 amide bonds. The third kappa shape index (κ3) is 4.55. The van der Waals surface area contributed by atoms with Gasteiger partial charge in [-0.25, -0.2) is 0 Å². The van der Waals surface area contributed by atoms with Crippen LogP contribution in [0.25, 0.3) is 0 Å². The number of thioether (sulfide) groups is 1. The van der Waals surface area contributed by atoms with Crippen LogP contribution < -0.4 is 10.5 Å². The monoisotopic (exact) mass is 257 g/mol. The van der Waals surface area contributed by atoms with Crippen LogP contribution in [-0.2, 0) is 4.74 Å². The van der Waals surface area contributed by atoms with E-state index in [1.807, 2.05) is 24.3 Å². The maximum Gasteiger partial charge on any atom is 0.119 e. The molecule has 96 valence electrons. The summed E-state index contributed by atoms with van der Waals surface area (Å²) in [6.07, 6.45) is 0. The first-order valence-electron chi connectivity index (χ1n) is 5.37. The minimum atomic E-state index is -0.193. The van der Waals surface area contributed by atoms with Gasteiger partial charge >= 0.3 is 0 Å². The quantitative estimate of drug-likeness (QED) is 0.717. The summed E-state index contributed by atoms with van der Waals surface area (Å²) >= 11 is 1.53. The number of nitrogens with two attached hydrogens (primary N) is 1. The van der Waals surface area contributed by atoms with Crippen LogP contribution in [0.2, 0.25) is 0 Å². The van der Waals surface area contributed by atoms with Crippen LogP contribution in [-0.4, -0.2) is 43.8 Å². The van der Waals surface area contributed by atoms with Gasteiger partial charge in [0.05, 0.1) is 20.3 Å². The minimum absolute atomic E-state index is 0.0202. The molecular formula is C12H19NO3S. The fraction of sp³-hybridized carbons (Fsp3) is 0.500. The molecule has 0 aromatic heterocycles. The molecule has 3 N–H and O–H groups in total. The summed E-state index contributed by atoms with van der Waals surface area (Å²) in [5, 5.41) is 9.24. The number of rotatable bonds is 7. The van der Waals surface area contributed by atoms with E-state index in [4.69, 9.17) is 15.2 Å². The van der Waals surface area contributed by atoms with E-state index in [-0.39, 0.29) is 17.9 Å². The molecule has 1 aromatic rings. The van der Waals surface area contributed by atoms with Crippen LogP contribution in [0.1, 0.15) is 0 Å². The number of aliphatic hydroxyl groups excluding tert-OH is 1. The summed E-state index contributed by atoms with van der Waals surface area (Å²) in [4.78, 5) is 1.02. The van der Waals surface area contributed by atoms with Gasteiger partial charge in [-0.15, -0.1) is 11.8 Å². The van der Waals surface area contributed by atoms with Gasteiger partial charge in [0, 0.05) is 23.3 Å². The molecule has 0 saturated heterocycles. The third-order valence-corrected chi connectivity index (χ3v) is 3.67. The van der Waals surface area contributed by atoms with Crippen LogP contribution >= 0.6 is 11.8 Å². The Morgan fingerprint density at radius 3 is 2.76 bits per heavy atom. The zero-order valence-corrected chi connectivity index (χ0v) is 10.9. The van der Waals surface area contributed by atoms with E-state index < -0.39 is 0 Å². The summed E-state index contributed by atoms with van der Waals surface area (Å²) in [7, 11) is 3.23. The second kappa shape index (κ2) is 7.55. The van der Waals surface area contributed by atoms with Gasteiger partial charge in [-0.3, -0.25) is 0 Å². The molecule has 0 spiro atoms. The van der Waals surface area contributed by atoms with Crippen LogP contribution in [0, 0.1) is 0 Å². The van der Waals surface area contributed by atoms with E-state index in [9.17, 15) is 5.11 Å². The van der Waals surface area contributed by atoms with E-state index in [1.165, 1.54) is 11.8 Å². The van der Waals surface area contributed by atoms with Crippen molar-refractivity contribution in [3.8, 4) is 5.75 Å². The van der Waals surface area contributed by atoms with Gasteiger partial charge in [0.1, 0.15) is 5.75 Å². The Labute approximate surface area is 106 Å². The van der Waals surface area contributed by atoms with Gasteiger partial charge in [0.15, 0.2) is 0 Å². The Morgan fingerprint density at radius 2 is 2.18 bits per heavy atom. The van der Waals surface area contributed by atoms with Crippen LogP contribution in [0.15, 0.2) is 29.2 Å². The zero-order chi connectivity index (χ0) is 12.7. The third-order valence-electron chi connectivity index (χ3n) is 2.35. The Bertz CT molecular complexity index is 335. The Hall–Kier alpha value is -0.750. The standard InChI is InChI=1S/C12H19NO3S/c1-15-8-11(13)12(7-14)17-10-5-3-4-9(6-10)16-2/h3-6,11-12,14H,7-8,13H2,1-2H3. The van der Waals surface area contributed by atoms with Crippen molar-refractivity contribution < 1.29 is 14.6 Å². The van der Waals surface area contributed by atoms with Crippen LogP contribution in [0.4, 0.5) is 0 Å². The number of methoxy groups -OCH3 is 2. The van der Waals surface area contributed by atoms with Gasteiger partial charge < -0.3 is 20.3 Å². The second-order valence-electron chi connectivity index (χ2n) is 3.64. The van der Waals surface area contributed by atoms with Gasteiger partial charge in [0.25, 0.3) is 0 Å². The molecule has 4 nitrogen and oxygen atoms in total. The normalized spacial score (nSPS) is 14.4. The summed E-state index contributed by atoms with van der Waals surface area (Å²) in [6.45, 7) is 0.453.